The summed E-state index contributed by atoms with van der Waals surface area (Å²) in [4.78, 5) is 2.72. The second-order valence-electron chi connectivity index (χ2n) is 6.28. The Labute approximate surface area is 121 Å². The molecule has 1 fully saturated rings. The van der Waals surface area contributed by atoms with Gasteiger partial charge in [0, 0.05) is 6.54 Å². The third-order valence-corrected chi connectivity index (χ3v) is 4.28. The van der Waals surface area contributed by atoms with Crippen molar-refractivity contribution in [2.24, 2.45) is 5.92 Å². The van der Waals surface area contributed by atoms with Crippen molar-refractivity contribution in [3.63, 3.8) is 0 Å². The Bertz CT molecular complexity index is 188. The number of nitrogens with one attached hydrogen (secondary N) is 1. The molecule has 1 N–H and O–H groups in total. The number of unbranched alkanes of at least 4 members (excludes halogenated alkanes) is 5. The first kappa shape index (κ1) is 17.0. The van der Waals surface area contributed by atoms with E-state index in [2.05, 4.69) is 24.1 Å². The molecule has 1 saturated heterocycles. The topological polar surface area (TPSA) is 15.3 Å². The van der Waals surface area contributed by atoms with E-state index < -0.39 is 0 Å². The lowest BCUT2D eigenvalue weighted by Gasteiger charge is -2.30. The fourth-order valence-corrected chi connectivity index (χ4v) is 3.17. The van der Waals surface area contributed by atoms with Gasteiger partial charge in [-0.25, -0.2) is 0 Å². The maximum atomic E-state index is 3.55. The van der Waals surface area contributed by atoms with Gasteiger partial charge in [0.1, 0.15) is 0 Å². The zero-order valence-corrected chi connectivity index (χ0v) is 13.4. The molecule has 1 heterocycles. The predicted molar refractivity (Wildman–Crippen MR) is 85.7 cm³/mol. The number of hydrogen-bond acceptors (Lipinski definition) is 2. The number of piperidine rings is 1. The van der Waals surface area contributed by atoms with E-state index in [-0.39, 0.29) is 0 Å². The van der Waals surface area contributed by atoms with Gasteiger partial charge in [-0.15, -0.1) is 0 Å². The van der Waals surface area contributed by atoms with Crippen LogP contribution in [-0.4, -0.2) is 37.6 Å². The molecule has 0 aromatic rings. The van der Waals surface area contributed by atoms with Crippen molar-refractivity contribution >= 4 is 0 Å². The van der Waals surface area contributed by atoms with Crippen LogP contribution in [0.15, 0.2) is 0 Å². The van der Waals surface area contributed by atoms with Crippen LogP contribution in [0.2, 0.25) is 0 Å². The zero-order chi connectivity index (χ0) is 13.8. The van der Waals surface area contributed by atoms with E-state index in [0.29, 0.717) is 0 Å². The van der Waals surface area contributed by atoms with Crippen molar-refractivity contribution in [1.82, 2.24) is 10.2 Å². The number of hydrogen-bond donors (Lipinski definition) is 1. The molecular weight excluding hydrogens is 232 g/mol. The van der Waals surface area contributed by atoms with Gasteiger partial charge in [-0.1, -0.05) is 46.0 Å². The van der Waals surface area contributed by atoms with Crippen LogP contribution in [0.1, 0.15) is 71.6 Å². The number of nitrogens with zero attached hydrogens (tertiary/aromatic N) is 1. The average molecular weight is 268 g/mol. The molecule has 2 nitrogen and oxygen atoms in total. The second kappa shape index (κ2) is 11.7. The standard InChI is InChI=1S/C17H36N2/c1-3-5-6-7-8-9-14-19(13-4-2)16-17-11-10-12-18-15-17/h17-18H,3-16H2,1-2H3. The first-order valence-electron chi connectivity index (χ1n) is 8.79. The predicted octanol–water partition coefficient (Wildman–Crippen LogP) is 4.06. The van der Waals surface area contributed by atoms with Gasteiger partial charge in [-0.2, -0.15) is 0 Å². The normalized spacial score (nSPS) is 20.1. The van der Waals surface area contributed by atoms with Crippen LogP contribution in [0.4, 0.5) is 0 Å². The van der Waals surface area contributed by atoms with Crippen molar-refractivity contribution in [1.29, 1.82) is 0 Å². The van der Waals surface area contributed by atoms with E-state index in [1.54, 1.807) is 0 Å². The van der Waals surface area contributed by atoms with Gasteiger partial charge in [0.2, 0.25) is 0 Å². The highest BCUT2D eigenvalue weighted by molar-refractivity contribution is 4.73. The highest BCUT2D eigenvalue weighted by atomic mass is 15.1. The van der Waals surface area contributed by atoms with Crippen molar-refractivity contribution in [2.45, 2.75) is 71.6 Å². The summed E-state index contributed by atoms with van der Waals surface area (Å²) >= 11 is 0. The van der Waals surface area contributed by atoms with Gasteiger partial charge in [0.05, 0.1) is 0 Å². The fraction of sp³-hybridized carbons (Fsp3) is 1.00. The molecule has 0 aromatic carbocycles. The third kappa shape index (κ3) is 8.65. The van der Waals surface area contributed by atoms with Gasteiger partial charge < -0.3 is 10.2 Å². The van der Waals surface area contributed by atoms with Crippen LogP contribution in [-0.2, 0) is 0 Å². The average Bonchev–Trinajstić information content (AvgIpc) is 2.44. The number of rotatable bonds is 11. The Morgan fingerprint density at radius 1 is 0.947 bits per heavy atom. The van der Waals surface area contributed by atoms with Crippen molar-refractivity contribution < 1.29 is 0 Å². The molecule has 1 unspecified atom stereocenters. The minimum absolute atomic E-state index is 0.903. The largest absolute Gasteiger partial charge is 0.316 e. The molecule has 2 heteroatoms. The molecule has 1 atom stereocenters. The molecule has 0 spiro atoms. The SMILES string of the molecule is CCCCCCCCN(CCC)CC1CCCNC1. The monoisotopic (exact) mass is 268 g/mol. The molecule has 1 aliphatic heterocycles. The summed E-state index contributed by atoms with van der Waals surface area (Å²) in [5, 5.41) is 3.55. The van der Waals surface area contributed by atoms with Crippen molar-refractivity contribution in [2.75, 3.05) is 32.7 Å². The Hall–Kier alpha value is -0.0800. The van der Waals surface area contributed by atoms with Crippen LogP contribution < -0.4 is 5.32 Å². The summed E-state index contributed by atoms with van der Waals surface area (Å²) in [6, 6.07) is 0. The molecule has 0 aliphatic carbocycles. The minimum Gasteiger partial charge on any atom is -0.316 e. The lowest BCUT2D eigenvalue weighted by molar-refractivity contribution is 0.204. The van der Waals surface area contributed by atoms with Crippen LogP contribution in [0.5, 0.6) is 0 Å². The van der Waals surface area contributed by atoms with Crippen LogP contribution in [0, 0.1) is 5.92 Å². The molecule has 0 aromatic heterocycles. The fourth-order valence-electron chi connectivity index (χ4n) is 3.17. The van der Waals surface area contributed by atoms with Gasteiger partial charge in [-0.05, 0) is 57.8 Å². The first-order valence-corrected chi connectivity index (χ1v) is 8.79. The molecule has 1 aliphatic rings. The van der Waals surface area contributed by atoms with Crippen molar-refractivity contribution in [3.05, 3.63) is 0 Å². The summed E-state index contributed by atoms with van der Waals surface area (Å²) in [6.07, 6.45) is 12.6. The summed E-state index contributed by atoms with van der Waals surface area (Å²) in [5.41, 5.74) is 0. The minimum atomic E-state index is 0.903. The van der Waals surface area contributed by atoms with E-state index >= 15 is 0 Å². The summed E-state index contributed by atoms with van der Waals surface area (Å²) in [7, 11) is 0. The summed E-state index contributed by atoms with van der Waals surface area (Å²) in [6.45, 7) is 11.0. The molecule has 0 radical (unpaired) electrons. The van der Waals surface area contributed by atoms with E-state index in [1.807, 2.05) is 0 Å². The maximum absolute atomic E-state index is 3.55. The maximum Gasteiger partial charge on any atom is 0.00218 e. The highest BCUT2D eigenvalue weighted by Crippen LogP contribution is 2.13. The van der Waals surface area contributed by atoms with Crippen LogP contribution in [0.3, 0.4) is 0 Å². The van der Waals surface area contributed by atoms with Crippen LogP contribution in [0.25, 0.3) is 0 Å². The summed E-state index contributed by atoms with van der Waals surface area (Å²) in [5.74, 6) is 0.903. The van der Waals surface area contributed by atoms with Crippen LogP contribution >= 0.6 is 0 Å². The summed E-state index contributed by atoms with van der Waals surface area (Å²) < 4.78 is 0. The quantitative estimate of drug-likeness (QED) is 0.569. The van der Waals surface area contributed by atoms with Gasteiger partial charge in [0.25, 0.3) is 0 Å². The highest BCUT2D eigenvalue weighted by Gasteiger charge is 2.16. The Morgan fingerprint density at radius 2 is 1.74 bits per heavy atom. The molecule has 114 valence electrons. The molecular formula is C17H36N2. The molecule has 0 amide bonds. The lowest BCUT2D eigenvalue weighted by atomic mass is 9.99. The van der Waals surface area contributed by atoms with Gasteiger partial charge >= 0.3 is 0 Å². The molecule has 19 heavy (non-hydrogen) atoms. The Morgan fingerprint density at radius 3 is 2.42 bits per heavy atom. The Kier molecular flexibility index (Phi) is 10.5. The Balaban J connectivity index is 2.09. The van der Waals surface area contributed by atoms with Gasteiger partial charge in [-0.3, -0.25) is 0 Å². The van der Waals surface area contributed by atoms with Crippen molar-refractivity contribution in [3.8, 4) is 0 Å². The molecule has 1 rings (SSSR count). The first-order chi connectivity index (χ1) is 9.36. The van der Waals surface area contributed by atoms with E-state index in [1.165, 1.54) is 90.5 Å². The smallest absolute Gasteiger partial charge is 0.00218 e. The van der Waals surface area contributed by atoms with E-state index in [4.69, 9.17) is 0 Å². The second-order valence-corrected chi connectivity index (χ2v) is 6.28. The van der Waals surface area contributed by atoms with Gasteiger partial charge in [0.15, 0.2) is 0 Å². The van der Waals surface area contributed by atoms with E-state index in [0.717, 1.165) is 5.92 Å². The molecule has 0 bridgehead atoms. The van der Waals surface area contributed by atoms with E-state index in [9.17, 15) is 0 Å². The zero-order valence-electron chi connectivity index (χ0n) is 13.4. The lowest BCUT2D eigenvalue weighted by Crippen LogP contribution is -2.39. The molecule has 0 saturated carbocycles. The third-order valence-electron chi connectivity index (χ3n) is 4.28.